The van der Waals surface area contributed by atoms with Gasteiger partial charge in [-0.15, -0.1) is 0 Å². The molecule has 720 valence electrons. The van der Waals surface area contributed by atoms with E-state index in [9.17, 15) is 10.4 Å². The van der Waals surface area contributed by atoms with Crippen LogP contribution in [-0.4, -0.2) is 239 Å². The molecule has 1 saturated carbocycles. The average molecular weight is 1900 g/mol. The maximum atomic E-state index is 9.61. The number of methoxy groups -OCH3 is 8. The van der Waals surface area contributed by atoms with Gasteiger partial charge in [-0.3, -0.25) is 43.6 Å². The minimum atomic E-state index is -1.26. The Morgan fingerprint density at radius 3 is 1.07 bits per heavy atom. The van der Waals surface area contributed by atoms with Gasteiger partial charge in [-0.2, -0.15) is 41.1 Å². The van der Waals surface area contributed by atoms with E-state index in [1.165, 1.54) is 12.8 Å². The van der Waals surface area contributed by atoms with E-state index in [1.807, 2.05) is 154 Å². The largest absolute Gasteiger partial charge is 0.497 e. The second kappa shape index (κ2) is 43.7. The molecule has 3 fully saturated rings. The van der Waals surface area contributed by atoms with Gasteiger partial charge >= 0.3 is 0 Å². The average Bonchev–Trinajstić information content (AvgIpc) is 1.25. The Morgan fingerprint density at radius 1 is 0.393 bits per heavy atom. The maximum absolute atomic E-state index is 9.61. The lowest BCUT2D eigenvalue weighted by Crippen LogP contribution is -2.51. The van der Waals surface area contributed by atoms with Crippen LogP contribution in [-0.2, 0) is 33.9 Å². The van der Waals surface area contributed by atoms with Crippen LogP contribution in [0.2, 0.25) is 19.6 Å². The summed E-state index contributed by atoms with van der Waals surface area (Å²) in [7, 11) is 17.6. The van der Waals surface area contributed by atoms with Crippen LogP contribution in [0.1, 0.15) is 37.8 Å². The van der Waals surface area contributed by atoms with Crippen molar-refractivity contribution in [3.8, 4) is 97.1 Å². The molecule has 2 aliphatic heterocycles. The topological polar surface area (TPSA) is 353 Å². The third-order valence-electron chi connectivity index (χ3n) is 24.5. The summed E-state index contributed by atoms with van der Waals surface area (Å²) < 4.78 is 51.5. The molecule has 9 aromatic heterocycles. The number of aromatic amines is 1. The smallest absolute Gasteiger partial charge is 0.124 e. The van der Waals surface area contributed by atoms with Crippen molar-refractivity contribution in [2.45, 2.75) is 70.6 Å². The number of aliphatic hydroxyl groups is 1. The molecule has 17 aromatic rings. The molecule has 20 rings (SSSR count). The molecular formula is C104H116N26O9Si. The number of benzene rings is 8. The number of likely N-dealkylation sites (tertiary alicyclic amines) is 2. The molecule has 2 N–H and O–H groups in total. The van der Waals surface area contributed by atoms with Crippen molar-refractivity contribution in [1.29, 1.82) is 5.26 Å². The number of aliphatic hydroxyl groups excluding tert-OH is 1. The van der Waals surface area contributed by atoms with Gasteiger partial charge in [-0.05, 0) is 124 Å². The van der Waals surface area contributed by atoms with Gasteiger partial charge in [0, 0.05) is 238 Å². The fourth-order valence-corrected chi connectivity index (χ4v) is 18.2. The number of nitrogens with one attached hydrogen (secondary N) is 1. The van der Waals surface area contributed by atoms with Crippen molar-refractivity contribution < 1.29 is 43.0 Å². The molecule has 1 atom stereocenters. The summed E-state index contributed by atoms with van der Waals surface area (Å²) in [6.45, 7) is 15.2. The van der Waals surface area contributed by atoms with Gasteiger partial charge in [0.15, 0.2) is 0 Å². The highest BCUT2D eigenvalue weighted by atomic mass is 28.3. The molecule has 36 heteroatoms. The molecule has 35 nitrogen and oxygen atoms in total. The molecule has 0 amide bonds. The quantitative estimate of drug-likeness (QED) is 0.0354. The van der Waals surface area contributed by atoms with Crippen molar-refractivity contribution in [3.05, 3.63) is 232 Å². The zero-order valence-electron chi connectivity index (χ0n) is 81.3. The molecule has 0 unspecified atom stereocenters. The molecule has 1 aliphatic carbocycles. The number of H-pyrrole nitrogens is 1. The van der Waals surface area contributed by atoms with Crippen LogP contribution < -0.4 is 57.5 Å². The molecular weight excluding hydrogens is 1790 g/mol. The third kappa shape index (κ3) is 23.9. The number of aryl methyl sites for hydroxylation is 3. The highest BCUT2D eigenvalue weighted by Crippen LogP contribution is 2.43. The standard InChI is InChI=1S/C28H31N7O2.C27H33N5O2Si.C26H30N6O3.C23H22N8O2/c1-33-19-21(16-31-33)28-17-30-26-6-5-22(13-27(26)32-28)35(9-4-8-34-10-7-20(15-29)18-34)23-11-24(36-2)14-25(12-23)37-3;1-33-23-10-22(11-24(13-23)34-2)32(16-19-6-7-19)21-8-9-25-26(12-21)30-27(15-28-25)20-14-29-31(17-20)18-35(3,4)5;1-30-15-18(13-28-30)26-14-27-24-6-5-19(11-25(24)29-26)32(8-4-7-31-16-21(33)17-31)20-9-22(34-2)12-23(10-20)35-3;1-30-13-15(10-26-30)23-12-24-21-5-4-17(8-22(21)27-23)31(14-16-11-25-29-28-16)18-6-19(32-2)9-20(7-18)33-3/h5-6,11-14,16-17,19-20H,4,7-10,18H2,1-3H3;8-15,17,19H,6-7,16,18H2,1-5H3;5-6,9-15,21,33H,4,7-8,16-17H2,1-3H3;4-13H,14H2,1-3H3,(H,25,28,29)/t20-;;;/m1.../s1. The molecule has 0 radical (unpaired) electrons. The number of fused-ring (bicyclic) bond motifs is 4. The monoisotopic (exact) mass is 1900 g/mol. The second-order valence-corrected chi connectivity index (χ2v) is 41.6. The van der Waals surface area contributed by atoms with Gasteiger partial charge in [0.25, 0.3) is 0 Å². The first-order chi connectivity index (χ1) is 68.0. The first kappa shape index (κ1) is 96.0. The minimum absolute atomic E-state index is 0.145. The lowest BCUT2D eigenvalue weighted by atomic mass is 10.1. The van der Waals surface area contributed by atoms with Gasteiger partial charge in [-0.1, -0.05) is 19.6 Å². The van der Waals surface area contributed by atoms with Gasteiger partial charge < -0.3 is 67.5 Å². The van der Waals surface area contributed by atoms with E-state index in [0.29, 0.717) is 24.0 Å². The Hall–Kier alpha value is -15.7. The number of anilines is 8. The summed E-state index contributed by atoms with van der Waals surface area (Å²) in [6, 6.07) is 50.6. The fourth-order valence-electron chi connectivity index (χ4n) is 17.0. The van der Waals surface area contributed by atoms with E-state index >= 15 is 0 Å². The Morgan fingerprint density at radius 2 is 0.743 bits per heavy atom. The van der Waals surface area contributed by atoms with Crippen LogP contribution in [0.5, 0.6) is 46.0 Å². The Kier molecular flexibility index (Phi) is 30.0. The van der Waals surface area contributed by atoms with Crippen LogP contribution in [0.15, 0.2) is 226 Å². The zero-order chi connectivity index (χ0) is 97.5. The summed E-state index contributed by atoms with van der Waals surface area (Å²) in [4.78, 5) is 51.7. The number of aromatic nitrogens is 19. The van der Waals surface area contributed by atoms with E-state index in [2.05, 4.69) is 161 Å². The number of β-amino-alcohol motifs (C(OH)–C–C–N with tert-alkyl or cyclic N) is 1. The number of ether oxygens (including phenoxy) is 8. The number of rotatable bonds is 34. The van der Waals surface area contributed by atoms with Crippen LogP contribution in [0.25, 0.3) is 89.2 Å². The van der Waals surface area contributed by atoms with Gasteiger partial charge in [0.05, 0.1) is 212 Å². The third-order valence-corrected chi connectivity index (χ3v) is 25.8. The van der Waals surface area contributed by atoms with Crippen molar-refractivity contribution in [3.63, 3.8) is 0 Å². The first-order valence-corrected chi connectivity index (χ1v) is 50.2. The lowest BCUT2D eigenvalue weighted by Gasteiger charge is -2.36. The second-order valence-electron chi connectivity index (χ2n) is 36.1. The minimum Gasteiger partial charge on any atom is -0.497 e. The predicted octanol–water partition coefficient (Wildman–Crippen LogP) is 17.1. The highest BCUT2D eigenvalue weighted by molar-refractivity contribution is 6.74. The van der Waals surface area contributed by atoms with E-state index in [-0.39, 0.29) is 12.0 Å². The van der Waals surface area contributed by atoms with Crippen molar-refractivity contribution in [2.75, 3.05) is 135 Å². The van der Waals surface area contributed by atoms with E-state index < -0.39 is 8.07 Å². The summed E-state index contributed by atoms with van der Waals surface area (Å²) >= 11 is 0. The lowest BCUT2D eigenvalue weighted by molar-refractivity contribution is 0.00218. The summed E-state index contributed by atoms with van der Waals surface area (Å²) in [5.74, 6) is 6.69. The number of nitriles is 1. The Balaban J connectivity index is 0.000000129. The molecule has 8 aromatic carbocycles. The van der Waals surface area contributed by atoms with Crippen molar-refractivity contribution in [1.82, 2.24) is 104 Å². The predicted molar refractivity (Wildman–Crippen MR) is 545 cm³/mol. The highest BCUT2D eigenvalue weighted by Gasteiger charge is 2.30. The van der Waals surface area contributed by atoms with E-state index in [0.717, 1.165) is 259 Å². The first-order valence-electron chi connectivity index (χ1n) is 46.5. The van der Waals surface area contributed by atoms with Gasteiger partial charge in [-0.25, -0.2) is 19.9 Å². The number of hydrogen-bond donors (Lipinski definition) is 2. The van der Waals surface area contributed by atoms with Gasteiger partial charge in [0.2, 0.25) is 0 Å². The maximum Gasteiger partial charge on any atom is 0.124 e. The Labute approximate surface area is 813 Å². The van der Waals surface area contributed by atoms with Crippen LogP contribution >= 0.6 is 0 Å². The molecule has 3 aliphatic rings. The number of hydrogen-bond acceptors (Lipinski definition) is 30. The van der Waals surface area contributed by atoms with Crippen LogP contribution in [0.4, 0.5) is 45.5 Å². The van der Waals surface area contributed by atoms with Crippen molar-refractivity contribution >= 4 is 97.7 Å². The zero-order valence-corrected chi connectivity index (χ0v) is 82.3. The summed E-state index contributed by atoms with van der Waals surface area (Å²) in [5, 5.41) is 47.0. The van der Waals surface area contributed by atoms with E-state index in [1.54, 1.807) is 114 Å². The molecule has 0 spiro atoms. The molecule has 0 bridgehead atoms. The number of nitrogens with zero attached hydrogens (tertiary/aromatic N) is 25. The van der Waals surface area contributed by atoms with Crippen LogP contribution in [0.3, 0.4) is 0 Å². The Bertz CT molecular complexity index is 7080. The van der Waals surface area contributed by atoms with Crippen molar-refractivity contribution in [2.24, 2.45) is 33.0 Å². The normalized spacial score (nSPS) is 13.7. The molecule has 2 saturated heterocycles. The summed E-state index contributed by atoms with van der Waals surface area (Å²) in [5.41, 5.74) is 22.2. The SMILES string of the molecule is COc1cc(OC)cc(N(CC2CC2)c2ccc3ncc(-c4cnn(C[Si](C)(C)C)c4)nc3c2)c1.COc1cc(OC)cc(N(CCCN2CC(O)C2)c2ccc3ncc(-c4cnn(C)c4)nc3c2)c1.COc1cc(OC)cc(N(CCCN2CC[C@H](C#N)C2)c2ccc3ncc(-c4cnn(C)c4)nc3c2)c1.COc1cc(OC)cc(N(Cc2cn[nH]n2)c2ccc3ncc(-c4cnn(C)c4)nc3c2)c1. The molecule has 11 heterocycles. The summed E-state index contributed by atoms with van der Waals surface area (Å²) in [6.07, 6.45) is 30.1. The molecule has 140 heavy (non-hydrogen) atoms. The van der Waals surface area contributed by atoms with E-state index in [4.69, 9.17) is 62.8 Å². The fraction of sp³-hybridized carbons (Fsp3) is 0.317. The van der Waals surface area contributed by atoms with Gasteiger partial charge in [0.1, 0.15) is 51.7 Å². The van der Waals surface area contributed by atoms with Crippen LogP contribution in [0, 0.1) is 23.2 Å².